The van der Waals surface area contributed by atoms with Gasteiger partial charge in [-0.05, 0) is 75.0 Å². The molecule has 0 spiro atoms. The molecule has 3 aromatic rings. The first-order valence-electron chi connectivity index (χ1n) is 6.09. The van der Waals surface area contributed by atoms with Crippen molar-refractivity contribution >= 4 is 48.6 Å². The van der Waals surface area contributed by atoms with E-state index in [0.29, 0.717) is 11.6 Å². The highest BCUT2D eigenvalue weighted by Crippen LogP contribution is 2.39. The smallest absolute Gasteiger partial charge is 0.228 e. The topological polar surface area (TPSA) is 52.0 Å². The van der Waals surface area contributed by atoms with E-state index < -0.39 is 0 Å². The second-order valence-electron chi connectivity index (χ2n) is 4.74. The number of oxazole rings is 1. The molecular formula is C15H12Br2N2O. The van der Waals surface area contributed by atoms with Gasteiger partial charge in [0.15, 0.2) is 5.58 Å². The zero-order valence-corrected chi connectivity index (χ0v) is 14.2. The molecule has 102 valence electrons. The van der Waals surface area contributed by atoms with Gasteiger partial charge in [-0.15, -0.1) is 0 Å². The molecule has 0 atom stereocenters. The number of halogens is 2. The molecule has 0 bridgehead atoms. The summed E-state index contributed by atoms with van der Waals surface area (Å²) in [6, 6.07) is 7.88. The number of aryl methyl sites for hydroxylation is 1. The molecule has 2 aromatic carbocycles. The minimum absolute atomic E-state index is 0.578. The maximum atomic E-state index is 6.07. The van der Waals surface area contributed by atoms with Gasteiger partial charge in [0.1, 0.15) is 5.52 Å². The molecule has 0 unspecified atom stereocenters. The fourth-order valence-corrected chi connectivity index (χ4v) is 3.68. The van der Waals surface area contributed by atoms with Crippen molar-refractivity contribution in [3.63, 3.8) is 0 Å². The third-order valence-corrected chi connectivity index (χ3v) is 4.57. The summed E-state index contributed by atoms with van der Waals surface area (Å²) in [5, 5.41) is 0. The van der Waals surface area contributed by atoms with Crippen LogP contribution in [0.1, 0.15) is 11.1 Å². The summed E-state index contributed by atoms with van der Waals surface area (Å²) in [6.45, 7) is 3.99. The van der Waals surface area contributed by atoms with Crippen LogP contribution in [0.4, 0.5) is 5.69 Å². The second-order valence-corrected chi connectivity index (χ2v) is 6.45. The predicted octanol–water partition coefficient (Wildman–Crippen LogP) is 5.22. The van der Waals surface area contributed by atoms with E-state index in [2.05, 4.69) is 36.8 Å². The third-order valence-electron chi connectivity index (χ3n) is 3.29. The van der Waals surface area contributed by atoms with E-state index in [-0.39, 0.29) is 0 Å². The van der Waals surface area contributed by atoms with Crippen LogP contribution in [0.2, 0.25) is 0 Å². The van der Waals surface area contributed by atoms with Gasteiger partial charge in [-0.25, -0.2) is 4.98 Å². The van der Waals surface area contributed by atoms with Crippen molar-refractivity contribution in [2.75, 3.05) is 5.73 Å². The average molecular weight is 396 g/mol. The molecule has 3 nitrogen and oxygen atoms in total. The quantitative estimate of drug-likeness (QED) is 0.574. The number of hydrogen-bond donors (Lipinski definition) is 1. The van der Waals surface area contributed by atoms with Gasteiger partial charge in [0.05, 0.1) is 5.56 Å². The Hall–Kier alpha value is -1.33. The highest BCUT2D eigenvalue weighted by Gasteiger charge is 2.17. The maximum absolute atomic E-state index is 6.07. The van der Waals surface area contributed by atoms with Gasteiger partial charge in [0, 0.05) is 14.6 Å². The van der Waals surface area contributed by atoms with Crippen LogP contribution in [0, 0.1) is 13.8 Å². The Morgan fingerprint density at radius 1 is 1.10 bits per heavy atom. The molecule has 0 aliphatic heterocycles. The summed E-state index contributed by atoms with van der Waals surface area (Å²) in [5.74, 6) is 0.578. The van der Waals surface area contributed by atoms with Crippen LogP contribution >= 0.6 is 31.9 Å². The molecule has 0 radical (unpaired) electrons. The van der Waals surface area contributed by atoms with Crippen molar-refractivity contribution in [3.05, 3.63) is 44.3 Å². The van der Waals surface area contributed by atoms with Crippen LogP contribution < -0.4 is 5.73 Å². The van der Waals surface area contributed by atoms with Crippen molar-refractivity contribution in [2.45, 2.75) is 13.8 Å². The number of benzene rings is 2. The van der Waals surface area contributed by atoms with E-state index in [1.165, 1.54) is 0 Å². The number of anilines is 1. The molecule has 0 saturated carbocycles. The zero-order valence-electron chi connectivity index (χ0n) is 11.0. The molecule has 3 rings (SSSR count). The Morgan fingerprint density at radius 2 is 1.85 bits per heavy atom. The average Bonchev–Trinajstić information content (AvgIpc) is 2.78. The molecule has 2 N–H and O–H groups in total. The van der Waals surface area contributed by atoms with Crippen molar-refractivity contribution in [3.8, 4) is 11.5 Å². The standard InChI is InChI=1S/C15H12Br2N2O/c1-7-3-4-11-12(5-7)20-15(19-11)13-8(2)14(18)10(17)6-9(13)16/h3-6H,18H2,1-2H3. The lowest BCUT2D eigenvalue weighted by Gasteiger charge is -2.09. The minimum Gasteiger partial charge on any atom is -0.436 e. The van der Waals surface area contributed by atoms with Gasteiger partial charge in [0.25, 0.3) is 0 Å². The fraction of sp³-hybridized carbons (Fsp3) is 0.133. The van der Waals surface area contributed by atoms with E-state index >= 15 is 0 Å². The first-order chi connectivity index (χ1) is 9.47. The molecule has 0 aliphatic rings. The van der Waals surface area contributed by atoms with Gasteiger partial charge in [-0.2, -0.15) is 0 Å². The van der Waals surface area contributed by atoms with E-state index in [9.17, 15) is 0 Å². The lowest BCUT2D eigenvalue weighted by molar-refractivity contribution is 0.618. The molecule has 1 aromatic heterocycles. The molecule has 1 heterocycles. The summed E-state index contributed by atoms with van der Waals surface area (Å²) in [6.07, 6.45) is 0. The molecule has 20 heavy (non-hydrogen) atoms. The number of nitrogens with two attached hydrogens (primary N) is 1. The monoisotopic (exact) mass is 394 g/mol. The van der Waals surface area contributed by atoms with Crippen LogP contribution in [-0.2, 0) is 0 Å². The van der Waals surface area contributed by atoms with E-state index in [1.807, 2.05) is 38.1 Å². The Balaban J connectivity index is 2.28. The maximum Gasteiger partial charge on any atom is 0.228 e. The zero-order chi connectivity index (χ0) is 14.4. The van der Waals surface area contributed by atoms with Crippen molar-refractivity contribution in [1.29, 1.82) is 0 Å². The Bertz CT molecular complexity index is 824. The van der Waals surface area contributed by atoms with Crippen molar-refractivity contribution < 1.29 is 4.42 Å². The van der Waals surface area contributed by atoms with Gasteiger partial charge in [-0.1, -0.05) is 6.07 Å². The molecule has 5 heteroatoms. The van der Waals surface area contributed by atoms with Gasteiger partial charge >= 0.3 is 0 Å². The first-order valence-corrected chi connectivity index (χ1v) is 7.67. The molecule has 0 aliphatic carbocycles. The Morgan fingerprint density at radius 3 is 2.60 bits per heavy atom. The molecule has 0 fully saturated rings. The molecule has 0 amide bonds. The number of hydrogen-bond acceptors (Lipinski definition) is 3. The second kappa shape index (κ2) is 4.90. The minimum atomic E-state index is 0.578. The van der Waals surface area contributed by atoms with Gasteiger partial charge < -0.3 is 10.2 Å². The lowest BCUT2D eigenvalue weighted by atomic mass is 10.1. The highest BCUT2D eigenvalue weighted by atomic mass is 79.9. The predicted molar refractivity (Wildman–Crippen MR) is 88.7 cm³/mol. The van der Waals surface area contributed by atoms with Crippen LogP contribution in [0.15, 0.2) is 37.6 Å². The lowest BCUT2D eigenvalue weighted by Crippen LogP contribution is -1.95. The summed E-state index contributed by atoms with van der Waals surface area (Å²) in [4.78, 5) is 4.55. The Kier molecular flexibility index (Phi) is 3.34. The SMILES string of the molecule is Cc1ccc2nc(-c3c(Br)cc(Br)c(N)c3C)oc2c1. The number of nitrogens with zero attached hydrogens (tertiary/aromatic N) is 1. The largest absolute Gasteiger partial charge is 0.436 e. The van der Waals surface area contributed by atoms with Crippen molar-refractivity contribution in [2.24, 2.45) is 0 Å². The number of rotatable bonds is 1. The van der Waals surface area contributed by atoms with Gasteiger partial charge in [-0.3, -0.25) is 0 Å². The highest BCUT2D eigenvalue weighted by molar-refractivity contribution is 9.11. The Labute approximate surface area is 133 Å². The normalized spacial score (nSPS) is 11.2. The number of aromatic nitrogens is 1. The number of fused-ring (bicyclic) bond motifs is 1. The van der Waals surface area contributed by atoms with E-state index in [4.69, 9.17) is 10.2 Å². The van der Waals surface area contributed by atoms with Crippen LogP contribution in [0.25, 0.3) is 22.6 Å². The van der Waals surface area contributed by atoms with Crippen LogP contribution in [-0.4, -0.2) is 4.98 Å². The summed E-state index contributed by atoms with van der Waals surface area (Å²) in [7, 11) is 0. The van der Waals surface area contributed by atoms with E-state index in [0.717, 1.165) is 36.7 Å². The summed E-state index contributed by atoms with van der Waals surface area (Å²) in [5.41, 5.74) is 11.4. The fourth-order valence-electron chi connectivity index (χ4n) is 2.16. The third kappa shape index (κ3) is 2.15. The summed E-state index contributed by atoms with van der Waals surface area (Å²) < 4.78 is 7.64. The molecular weight excluding hydrogens is 384 g/mol. The van der Waals surface area contributed by atoms with Crippen molar-refractivity contribution in [1.82, 2.24) is 4.98 Å². The van der Waals surface area contributed by atoms with Gasteiger partial charge in [0.2, 0.25) is 5.89 Å². The van der Waals surface area contributed by atoms with Crippen LogP contribution in [0.3, 0.4) is 0 Å². The van der Waals surface area contributed by atoms with E-state index in [1.54, 1.807) is 0 Å². The number of nitrogen functional groups attached to an aromatic ring is 1. The van der Waals surface area contributed by atoms with Crippen LogP contribution in [0.5, 0.6) is 0 Å². The first kappa shape index (κ1) is 13.6. The summed E-state index contributed by atoms with van der Waals surface area (Å²) >= 11 is 7.00. The molecule has 0 saturated heterocycles.